The van der Waals surface area contributed by atoms with Crippen molar-refractivity contribution in [3.8, 4) is 0 Å². The number of hydrogen-bond donors (Lipinski definition) is 1. The first-order valence-corrected chi connectivity index (χ1v) is 6.76. The van der Waals surface area contributed by atoms with Crippen LogP contribution in [-0.2, 0) is 0 Å². The summed E-state index contributed by atoms with van der Waals surface area (Å²) in [5.74, 6) is 1.28. The lowest BCUT2D eigenvalue weighted by Crippen LogP contribution is -2.34. The van der Waals surface area contributed by atoms with Gasteiger partial charge in [0.15, 0.2) is 0 Å². The summed E-state index contributed by atoms with van der Waals surface area (Å²) in [6.45, 7) is 8.66. The van der Waals surface area contributed by atoms with Crippen LogP contribution >= 0.6 is 0 Å². The largest absolute Gasteiger partial charge is 0.390 e. The van der Waals surface area contributed by atoms with E-state index in [2.05, 4.69) is 19.9 Å². The summed E-state index contributed by atoms with van der Waals surface area (Å²) in [6, 6.07) is 0. The Hall–Kier alpha value is -0.300. The van der Waals surface area contributed by atoms with Crippen LogP contribution in [0.5, 0.6) is 0 Å². The molecule has 2 aliphatic rings. The lowest BCUT2D eigenvalue weighted by molar-refractivity contribution is 0.0128. The second-order valence-corrected chi connectivity index (χ2v) is 6.62. The zero-order chi connectivity index (χ0) is 12.0. The quantitative estimate of drug-likeness (QED) is 0.667. The molecule has 1 N–H and O–H groups in total. The molecule has 2 aliphatic carbocycles. The normalized spacial score (nSPS) is 40.2. The first kappa shape index (κ1) is 12.2. The van der Waals surface area contributed by atoms with E-state index in [0.29, 0.717) is 11.3 Å². The van der Waals surface area contributed by atoms with E-state index in [9.17, 15) is 5.11 Å². The van der Waals surface area contributed by atoms with Gasteiger partial charge >= 0.3 is 0 Å². The van der Waals surface area contributed by atoms with E-state index < -0.39 is 5.60 Å². The zero-order valence-corrected chi connectivity index (χ0v) is 11.2. The number of allylic oxidation sites excluding steroid dienone is 2. The molecule has 1 saturated carbocycles. The lowest BCUT2D eigenvalue weighted by atomic mass is 9.64. The Kier molecular flexibility index (Phi) is 2.94. The predicted octanol–water partition coefficient (Wildman–Crippen LogP) is 3.92. The van der Waals surface area contributed by atoms with Gasteiger partial charge in [0.05, 0.1) is 5.60 Å². The van der Waals surface area contributed by atoms with Crippen LogP contribution in [0.1, 0.15) is 59.8 Å². The Bertz CT molecular complexity index is 297. The molecule has 0 aliphatic heterocycles. The van der Waals surface area contributed by atoms with E-state index in [4.69, 9.17) is 0 Å². The Morgan fingerprint density at radius 1 is 1.38 bits per heavy atom. The third-order valence-electron chi connectivity index (χ3n) is 5.33. The third-order valence-corrected chi connectivity index (χ3v) is 5.33. The molecule has 0 amide bonds. The summed E-state index contributed by atoms with van der Waals surface area (Å²) in [7, 11) is 0. The van der Waals surface area contributed by atoms with Crippen molar-refractivity contribution in [2.45, 2.75) is 65.4 Å². The van der Waals surface area contributed by atoms with Gasteiger partial charge in [-0.05, 0) is 70.1 Å². The molecule has 92 valence electrons. The van der Waals surface area contributed by atoms with Gasteiger partial charge < -0.3 is 5.11 Å². The summed E-state index contributed by atoms with van der Waals surface area (Å²) in [5.41, 5.74) is 1.52. The van der Waals surface area contributed by atoms with Crippen molar-refractivity contribution < 1.29 is 5.11 Å². The van der Waals surface area contributed by atoms with E-state index in [-0.39, 0.29) is 0 Å². The third kappa shape index (κ3) is 1.84. The van der Waals surface area contributed by atoms with E-state index in [1.807, 2.05) is 13.8 Å². The summed E-state index contributed by atoms with van der Waals surface area (Å²) in [5, 5.41) is 10.2. The Morgan fingerprint density at radius 3 is 2.56 bits per heavy atom. The molecule has 0 aromatic heterocycles. The highest BCUT2D eigenvalue weighted by atomic mass is 16.3. The fourth-order valence-corrected chi connectivity index (χ4v) is 3.90. The van der Waals surface area contributed by atoms with Crippen molar-refractivity contribution in [2.75, 3.05) is 0 Å². The van der Waals surface area contributed by atoms with Crippen LogP contribution in [0.2, 0.25) is 0 Å². The summed E-state index contributed by atoms with van der Waals surface area (Å²) in [6.07, 6.45) is 8.69. The van der Waals surface area contributed by atoms with Gasteiger partial charge in [0, 0.05) is 0 Å². The first-order valence-electron chi connectivity index (χ1n) is 6.76. The van der Waals surface area contributed by atoms with Crippen LogP contribution in [0.3, 0.4) is 0 Å². The van der Waals surface area contributed by atoms with Crippen LogP contribution in [0.4, 0.5) is 0 Å². The molecule has 0 heterocycles. The summed E-state index contributed by atoms with van der Waals surface area (Å²) >= 11 is 0. The first-order chi connectivity index (χ1) is 7.36. The number of aliphatic hydroxyl groups is 1. The van der Waals surface area contributed by atoms with Crippen molar-refractivity contribution in [2.24, 2.45) is 17.3 Å². The molecule has 16 heavy (non-hydrogen) atoms. The molecule has 3 atom stereocenters. The molecule has 1 fully saturated rings. The Labute approximate surface area is 99.9 Å². The molecule has 0 saturated heterocycles. The highest BCUT2D eigenvalue weighted by Gasteiger charge is 2.48. The van der Waals surface area contributed by atoms with Crippen LogP contribution in [-0.4, -0.2) is 10.7 Å². The van der Waals surface area contributed by atoms with Gasteiger partial charge in [-0.25, -0.2) is 0 Å². The maximum Gasteiger partial charge on any atom is 0.0620 e. The van der Waals surface area contributed by atoms with E-state index in [0.717, 1.165) is 5.92 Å². The second-order valence-electron chi connectivity index (χ2n) is 6.62. The predicted molar refractivity (Wildman–Crippen MR) is 68.2 cm³/mol. The van der Waals surface area contributed by atoms with Crippen molar-refractivity contribution in [3.05, 3.63) is 11.6 Å². The standard InChI is InChI=1S/C15H26O/c1-11-6-5-7-12(2)15(11)9-8-13(10-15)14(3,4)16/h6,12-13,16H,5,7-10H2,1-4H3/t12-,13?,15+/m1/s1. The molecule has 1 spiro atoms. The SMILES string of the molecule is CC1=CCC[C@@H](C)[C@]12CCC(C(C)(C)O)C2. The summed E-state index contributed by atoms with van der Waals surface area (Å²) in [4.78, 5) is 0. The fourth-order valence-electron chi connectivity index (χ4n) is 3.90. The van der Waals surface area contributed by atoms with Gasteiger partial charge in [0.1, 0.15) is 0 Å². The highest BCUT2D eigenvalue weighted by molar-refractivity contribution is 5.20. The van der Waals surface area contributed by atoms with E-state index in [1.54, 1.807) is 5.57 Å². The van der Waals surface area contributed by atoms with E-state index in [1.165, 1.54) is 32.1 Å². The van der Waals surface area contributed by atoms with Crippen LogP contribution in [0.25, 0.3) is 0 Å². The Balaban J connectivity index is 2.22. The average molecular weight is 222 g/mol. The van der Waals surface area contributed by atoms with Gasteiger partial charge in [0.25, 0.3) is 0 Å². The van der Waals surface area contributed by atoms with Crippen molar-refractivity contribution in [1.29, 1.82) is 0 Å². The maximum absolute atomic E-state index is 10.2. The minimum atomic E-state index is -0.499. The van der Waals surface area contributed by atoms with Gasteiger partial charge in [-0.2, -0.15) is 0 Å². The maximum atomic E-state index is 10.2. The molecule has 0 radical (unpaired) electrons. The molecule has 1 unspecified atom stereocenters. The van der Waals surface area contributed by atoms with Gasteiger partial charge in [-0.15, -0.1) is 0 Å². The highest BCUT2D eigenvalue weighted by Crippen LogP contribution is 2.56. The molecular weight excluding hydrogens is 196 g/mol. The Morgan fingerprint density at radius 2 is 2.06 bits per heavy atom. The number of hydrogen-bond acceptors (Lipinski definition) is 1. The molecular formula is C15H26O. The minimum absolute atomic E-state index is 0.420. The van der Waals surface area contributed by atoms with Crippen molar-refractivity contribution in [3.63, 3.8) is 0 Å². The monoisotopic (exact) mass is 222 g/mol. The van der Waals surface area contributed by atoms with Crippen molar-refractivity contribution >= 4 is 0 Å². The molecule has 2 rings (SSSR count). The van der Waals surface area contributed by atoms with Crippen LogP contribution in [0.15, 0.2) is 11.6 Å². The van der Waals surface area contributed by atoms with Crippen LogP contribution in [0, 0.1) is 17.3 Å². The average Bonchev–Trinajstić information content (AvgIpc) is 2.60. The van der Waals surface area contributed by atoms with Gasteiger partial charge in [-0.1, -0.05) is 18.6 Å². The minimum Gasteiger partial charge on any atom is -0.390 e. The molecule has 1 heteroatoms. The topological polar surface area (TPSA) is 20.2 Å². The van der Waals surface area contributed by atoms with Crippen molar-refractivity contribution in [1.82, 2.24) is 0 Å². The smallest absolute Gasteiger partial charge is 0.0620 e. The van der Waals surface area contributed by atoms with Gasteiger partial charge in [0.2, 0.25) is 0 Å². The second kappa shape index (κ2) is 3.87. The van der Waals surface area contributed by atoms with Gasteiger partial charge in [-0.3, -0.25) is 0 Å². The summed E-state index contributed by atoms with van der Waals surface area (Å²) < 4.78 is 0. The molecule has 0 aromatic rings. The van der Waals surface area contributed by atoms with Crippen LogP contribution < -0.4 is 0 Å². The molecule has 0 bridgehead atoms. The molecule has 1 nitrogen and oxygen atoms in total. The molecule has 0 aromatic carbocycles. The fraction of sp³-hybridized carbons (Fsp3) is 0.867. The lowest BCUT2D eigenvalue weighted by Gasteiger charge is -2.41. The van der Waals surface area contributed by atoms with E-state index >= 15 is 0 Å². The number of rotatable bonds is 1. The zero-order valence-electron chi connectivity index (χ0n) is 11.2.